The Kier molecular flexibility index (Phi) is 4.02. The summed E-state index contributed by atoms with van der Waals surface area (Å²) in [7, 11) is 0. The SMILES string of the molecule is O=C(N[C@H]1c2ccccc2C[C@H]1O)c1cc(Cl)cc(Br)c1. The van der Waals surface area contributed by atoms with E-state index in [2.05, 4.69) is 21.2 Å². The summed E-state index contributed by atoms with van der Waals surface area (Å²) in [4.78, 5) is 12.4. The molecule has 0 fully saturated rings. The van der Waals surface area contributed by atoms with Crippen molar-refractivity contribution < 1.29 is 9.90 Å². The predicted molar refractivity (Wildman–Crippen MR) is 85.5 cm³/mol. The van der Waals surface area contributed by atoms with Crippen LogP contribution in [-0.4, -0.2) is 17.1 Å². The molecular weight excluding hydrogens is 354 g/mol. The highest BCUT2D eigenvalue weighted by molar-refractivity contribution is 9.10. The van der Waals surface area contributed by atoms with Crippen LogP contribution in [0.25, 0.3) is 0 Å². The quantitative estimate of drug-likeness (QED) is 0.855. The van der Waals surface area contributed by atoms with E-state index < -0.39 is 6.10 Å². The molecule has 0 aliphatic heterocycles. The van der Waals surface area contributed by atoms with Crippen LogP contribution in [0.3, 0.4) is 0 Å². The standard InChI is InChI=1S/C16H13BrClNO2/c17-11-5-10(6-12(18)8-11)16(21)19-15-13-4-2-1-3-9(13)7-14(15)20/h1-6,8,14-15,20H,7H2,(H,19,21)/t14-,15+/m1/s1. The average molecular weight is 367 g/mol. The maximum Gasteiger partial charge on any atom is 0.251 e. The third kappa shape index (κ3) is 2.98. The Labute approximate surface area is 136 Å². The van der Waals surface area contributed by atoms with Gasteiger partial charge in [0.25, 0.3) is 5.91 Å². The molecule has 0 unspecified atom stereocenters. The summed E-state index contributed by atoms with van der Waals surface area (Å²) in [5, 5.41) is 13.5. The molecule has 0 saturated heterocycles. The first-order valence-corrected chi connectivity index (χ1v) is 7.74. The van der Waals surface area contributed by atoms with E-state index in [9.17, 15) is 9.90 Å². The van der Waals surface area contributed by atoms with Gasteiger partial charge in [-0.15, -0.1) is 0 Å². The number of hydrogen-bond donors (Lipinski definition) is 2. The summed E-state index contributed by atoms with van der Waals surface area (Å²) in [6.07, 6.45) is -0.0469. The molecular formula is C16H13BrClNO2. The lowest BCUT2D eigenvalue weighted by atomic mass is 10.1. The molecule has 2 aromatic carbocycles. The van der Waals surface area contributed by atoms with Gasteiger partial charge in [-0.1, -0.05) is 51.8 Å². The normalized spacial score (nSPS) is 20.1. The van der Waals surface area contributed by atoms with E-state index in [4.69, 9.17) is 11.6 Å². The van der Waals surface area contributed by atoms with E-state index in [0.29, 0.717) is 17.0 Å². The van der Waals surface area contributed by atoms with Gasteiger partial charge in [0.15, 0.2) is 0 Å². The van der Waals surface area contributed by atoms with Crippen molar-refractivity contribution in [1.29, 1.82) is 0 Å². The number of halogens is 2. The Balaban J connectivity index is 1.85. The fourth-order valence-corrected chi connectivity index (χ4v) is 3.52. The number of hydrogen-bond acceptors (Lipinski definition) is 2. The second-order valence-electron chi connectivity index (χ2n) is 5.08. The molecule has 0 radical (unpaired) electrons. The highest BCUT2D eigenvalue weighted by atomic mass is 79.9. The molecule has 1 amide bonds. The molecule has 0 heterocycles. The predicted octanol–water partition coefficient (Wildman–Crippen LogP) is 3.49. The Morgan fingerprint density at radius 2 is 2.05 bits per heavy atom. The number of rotatable bonds is 2. The highest BCUT2D eigenvalue weighted by Gasteiger charge is 2.32. The van der Waals surface area contributed by atoms with E-state index in [0.717, 1.165) is 15.6 Å². The zero-order valence-corrected chi connectivity index (χ0v) is 13.4. The van der Waals surface area contributed by atoms with Crippen LogP contribution in [0.1, 0.15) is 27.5 Å². The number of carbonyl (C=O) groups is 1. The summed E-state index contributed by atoms with van der Waals surface area (Å²) in [5.41, 5.74) is 2.51. The zero-order chi connectivity index (χ0) is 15.0. The summed E-state index contributed by atoms with van der Waals surface area (Å²) >= 11 is 9.28. The van der Waals surface area contributed by atoms with Crippen LogP contribution in [0.5, 0.6) is 0 Å². The molecule has 108 valence electrons. The van der Waals surface area contributed by atoms with Crippen LogP contribution in [0.15, 0.2) is 46.9 Å². The van der Waals surface area contributed by atoms with Crippen molar-refractivity contribution >= 4 is 33.4 Å². The number of fused-ring (bicyclic) bond motifs is 1. The second-order valence-corrected chi connectivity index (χ2v) is 6.43. The summed E-state index contributed by atoms with van der Waals surface area (Å²) in [5.74, 6) is -0.251. The minimum atomic E-state index is -0.603. The molecule has 2 N–H and O–H groups in total. The number of nitrogens with one attached hydrogen (secondary N) is 1. The monoisotopic (exact) mass is 365 g/mol. The van der Waals surface area contributed by atoms with Gasteiger partial charge in [-0.2, -0.15) is 0 Å². The van der Waals surface area contributed by atoms with Gasteiger partial charge in [0.05, 0.1) is 12.1 Å². The molecule has 3 rings (SSSR count). The van der Waals surface area contributed by atoms with Gasteiger partial charge in [0.1, 0.15) is 0 Å². The van der Waals surface area contributed by atoms with Gasteiger partial charge in [0, 0.05) is 21.5 Å². The van der Waals surface area contributed by atoms with Gasteiger partial charge in [-0.3, -0.25) is 4.79 Å². The van der Waals surface area contributed by atoms with Gasteiger partial charge >= 0.3 is 0 Å². The van der Waals surface area contributed by atoms with Gasteiger partial charge < -0.3 is 10.4 Å². The van der Waals surface area contributed by atoms with Crippen molar-refractivity contribution in [3.05, 3.63) is 68.7 Å². The molecule has 2 atom stereocenters. The number of aliphatic hydroxyl groups is 1. The third-order valence-corrected chi connectivity index (χ3v) is 4.29. The van der Waals surface area contributed by atoms with Gasteiger partial charge in [-0.05, 0) is 29.3 Å². The topological polar surface area (TPSA) is 49.3 Å². The first-order chi connectivity index (χ1) is 10.0. The van der Waals surface area contributed by atoms with Crippen molar-refractivity contribution in [2.75, 3.05) is 0 Å². The van der Waals surface area contributed by atoms with Crippen LogP contribution in [-0.2, 0) is 6.42 Å². The van der Waals surface area contributed by atoms with Crippen LogP contribution in [0.2, 0.25) is 5.02 Å². The Morgan fingerprint density at radius 3 is 2.81 bits per heavy atom. The first kappa shape index (κ1) is 14.6. The summed E-state index contributed by atoms with van der Waals surface area (Å²) < 4.78 is 0.743. The Bertz CT molecular complexity index is 684. The molecule has 0 saturated carbocycles. The van der Waals surface area contributed by atoms with Crippen LogP contribution in [0.4, 0.5) is 0 Å². The fraction of sp³-hybridized carbons (Fsp3) is 0.188. The van der Waals surface area contributed by atoms with Gasteiger partial charge in [-0.25, -0.2) is 0 Å². The summed E-state index contributed by atoms with van der Waals surface area (Å²) in [6, 6.07) is 12.4. The van der Waals surface area contributed by atoms with E-state index >= 15 is 0 Å². The van der Waals surface area contributed by atoms with Crippen LogP contribution >= 0.6 is 27.5 Å². The van der Waals surface area contributed by atoms with Crippen molar-refractivity contribution in [3.63, 3.8) is 0 Å². The first-order valence-electron chi connectivity index (χ1n) is 6.57. The van der Waals surface area contributed by atoms with Crippen LogP contribution in [0, 0.1) is 0 Å². The molecule has 1 aliphatic rings. The number of carbonyl (C=O) groups excluding carboxylic acids is 1. The molecule has 3 nitrogen and oxygen atoms in total. The zero-order valence-electron chi connectivity index (χ0n) is 11.0. The van der Waals surface area contributed by atoms with Crippen molar-refractivity contribution in [2.45, 2.75) is 18.6 Å². The lowest BCUT2D eigenvalue weighted by molar-refractivity contribution is 0.0858. The number of amides is 1. The van der Waals surface area contributed by atoms with Crippen LogP contribution < -0.4 is 5.32 Å². The lowest BCUT2D eigenvalue weighted by Gasteiger charge is -2.18. The Morgan fingerprint density at radius 1 is 1.29 bits per heavy atom. The fourth-order valence-electron chi connectivity index (χ4n) is 2.66. The largest absolute Gasteiger partial charge is 0.390 e. The number of aliphatic hydroxyl groups excluding tert-OH is 1. The smallest absolute Gasteiger partial charge is 0.251 e. The minimum Gasteiger partial charge on any atom is -0.390 e. The molecule has 0 bridgehead atoms. The van der Waals surface area contributed by atoms with Crippen molar-refractivity contribution in [2.24, 2.45) is 0 Å². The maximum absolute atomic E-state index is 12.4. The second kappa shape index (κ2) is 5.79. The minimum absolute atomic E-state index is 0.251. The maximum atomic E-state index is 12.4. The molecule has 0 spiro atoms. The van der Waals surface area contributed by atoms with Gasteiger partial charge in [0.2, 0.25) is 0 Å². The molecule has 1 aliphatic carbocycles. The van der Waals surface area contributed by atoms with Crippen molar-refractivity contribution in [1.82, 2.24) is 5.32 Å². The molecule has 21 heavy (non-hydrogen) atoms. The lowest BCUT2D eigenvalue weighted by Crippen LogP contribution is -2.33. The van der Waals surface area contributed by atoms with E-state index in [1.54, 1.807) is 18.2 Å². The summed E-state index contributed by atoms with van der Waals surface area (Å²) in [6.45, 7) is 0. The molecule has 2 aromatic rings. The van der Waals surface area contributed by atoms with E-state index in [-0.39, 0.29) is 11.9 Å². The average Bonchev–Trinajstić information content (AvgIpc) is 2.74. The highest BCUT2D eigenvalue weighted by Crippen LogP contribution is 2.31. The molecule has 5 heteroatoms. The molecule has 0 aromatic heterocycles. The van der Waals surface area contributed by atoms with E-state index in [1.807, 2.05) is 24.3 Å². The van der Waals surface area contributed by atoms with Crippen molar-refractivity contribution in [3.8, 4) is 0 Å². The number of benzene rings is 2. The van der Waals surface area contributed by atoms with E-state index in [1.165, 1.54) is 0 Å². The third-order valence-electron chi connectivity index (χ3n) is 3.62. The Hall–Kier alpha value is -1.36.